The van der Waals surface area contributed by atoms with E-state index in [0.29, 0.717) is 12.1 Å². The predicted octanol–water partition coefficient (Wildman–Crippen LogP) is 3.78. The standard InChI is InChI=1S/C22H28N4O2.ClH/c1-27-17-6-8-21(28-2)15(11-17)14-26-16-5-7-20(26)18-13-23-22(24-19(18)12-16)25-9-3-4-10-25;/h6,8,11,13,16,20H,3-5,7,9-10,12,14H2,1-2H3;1H. The summed E-state index contributed by atoms with van der Waals surface area (Å²) in [6.07, 6.45) is 8.01. The van der Waals surface area contributed by atoms with E-state index < -0.39 is 0 Å². The third-order valence-electron chi connectivity index (χ3n) is 6.55. The van der Waals surface area contributed by atoms with Crippen LogP contribution in [-0.4, -0.2) is 48.2 Å². The van der Waals surface area contributed by atoms with Crippen LogP contribution in [0.15, 0.2) is 24.4 Å². The third kappa shape index (κ3) is 3.64. The van der Waals surface area contributed by atoms with Crippen LogP contribution in [-0.2, 0) is 13.0 Å². The van der Waals surface area contributed by atoms with E-state index in [1.54, 1.807) is 14.2 Å². The van der Waals surface area contributed by atoms with E-state index >= 15 is 0 Å². The van der Waals surface area contributed by atoms with Gasteiger partial charge in [0.25, 0.3) is 0 Å². The van der Waals surface area contributed by atoms with Crippen molar-refractivity contribution in [2.75, 3.05) is 32.2 Å². The molecule has 0 amide bonds. The maximum atomic E-state index is 5.61. The average molecular weight is 417 g/mol. The third-order valence-corrected chi connectivity index (χ3v) is 6.55. The zero-order valence-electron chi connectivity index (χ0n) is 17.1. The molecule has 1 aromatic carbocycles. The predicted molar refractivity (Wildman–Crippen MR) is 115 cm³/mol. The van der Waals surface area contributed by atoms with Crippen molar-refractivity contribution in [1.29, 1.82) is 0 Å². The van der Waals surface area contributed by atoms with Gasteiger partial charge in [0.2, 0.25) is 5.95 Å². The lowest BCUT2D eigenvalue weighted by atomic mass is 9.98. The highest BCUT2D eigenvalue weighted by Gasteiger charge is 2.41. The van der Waals surface area contributed by atoms with Gasteiger partial charge in [-0.25, -0.2) is 9.97 Å². The number of nitrogens with zero attached hydrogens (tertiary/aromatic N) is 4. The van der Waals surface area contributed by atoms with E-state index in [2.05, 4.69) is 22.1 Å². The van der Waals surface area contributed by atoms with Gasteiger partial charge in [0.1, 0.15) is 11.5 Å². The number of hydrogen-bond donors (Lipinski definition) is 0. The van der Waals surface area contributed by atoms with E-state index in [1.807, 2.05) is 12.1 Å². The van der Waals surface area contributed by atoms with Gasteiger partial charge in [0, 0.05) is 55.5 Å². The van der Waals surface area contributed by atoms with Crippen LogP contribution in [0.2, 0.25) is 0 Å². The molecular weight excluding hydrogens is 388 g/mol. The van der Waals surface area contributed by atoms with Crippen molar-refractivity contribution in [2.24, 2.45) is 0 Å². The molecule has 3 aliphatic heterocycles. The molecule has 2 bridgehead atoms. The quantitative estimate of drug-likeness (QED) is 0.739. The van der Waals surface area contributed by atoms with Crippen molar-refractivity contribution in [3.05, 3.63) is 41.2 Å². The van der Waals surface area contributed by atoms with E-state index in [9.17, 15) is 0 Å². The molecule has 7 heteroatoms. The first kappa shape index (κ1) is 20.2. The summed E-state index contributed by atoms with van der Waals surface area (Å²) in [4.78, 5) is 14.7. The van der Waals surface area contributed by atoms with Crippen molar-refractivity contribution in [2.45, 2.75) is 50.7 Å². The summed E-state index contributed by atoms with van der Waals surface area (Å²) in [5.41, 5.74) is 3.76. The van der Waals surface area contributed by atoms with Crippen molar-refractivity contribution in [1.82, 2.24) is 14.9 Å². The molecule has 156 valence electrons. The van der Waals surface area contributed by atoms with E-state index in [-0.39, 0.29) is 12.4 Å². The summed E-state index contributed by atoms with van der Waals surface area (Å²) in [5.74, 6) is 2.73. The molecule has 2 unspecified atom stereocenters. The Balaban J connectivity index is 0.00000205. The Hall–Kier alpha value is -2.05. The van der Waals surface area contributed by atoms with Gasteiger partial charge in [-0.1, -0.05) is 0 Å². The minimum Gasteiger partial charge on any atom is -0.497 e. The number of fused-ring (bicyclic) bond motifs is 4. The highest BCUT2D eigenvalue weighted by atomic mass is 35.5. The Labute approximate surface area is 178 Å². The first-order valence-corrected chi connectivity index (χ1v) is 10.3. The van der Waals surface area contributed by atoms with Gasteiger partial charge in [-0.2, -0.15) is 0 Å². The fourth-order valence-electron chi connectivity index (χ4n) is 5.08. The van der Waals surface area contributed by atoms with Crippen molar-refractivity contribution in [3.8, 4) is 11.5 Å². The molecule has 6 nitrogen and oxygen atoms in total. The molecule has 3 aliphatic rings. The van der Waals surface area contributed by atoms with Gasteiger partial charge in [0.05, 0.1) is 19.9 Å². The Morgan fingerprint density at radius 2 is 1.93 bits per heavy atom. The Morgan fingerprint density at radius 1 is 1.10 bits per heavy atom. The van der Waals surface area contributed by atoms with Gasteiger partial charge in [0.15, 0.2) is 0 Å². The first-order valence-electron chi connectivity index (χ1n) is 10.3. The second kappa shape index (κ2) is 8.36. The molecular formula is C22H29ClN4O2. The smallest absolute Gasteiger partial charge is 0.225 e. The largest absolute Gasteiger partial charge is 0.497 e. The van der Waals surface area contributed by atoms with Crippen LogP contribution in [0.25, 0.3) is 0 Å². The molecule has 0 aliphatic carbocycles. The number of halogens is 1. The van der Waals surface area contributed by atoms with Gasteiger partial charge in [-0.3, -0.25) is 4.90 Å². The molecule has 2 fully saturated rings. The van der Waals surface area contributed by atoms with Crippen LogP contribution >= 0.6 is 12.4 Å². The summed E-state index contributed by atoms with van der Waals surface area (Å²) in [7, 11) is 3.45. The molecule has 0 saturated carbocycles. The van der Waals surface area contributed by atoms with E-state index in [0.717, 1.165) is 43.5 Å². The first-order chi connectivity index (χ1) is 13.8. The lowest BCUT2D eigenvalue weighted by Gasteiger charge is -2.36. The van der Waals surface area contributed by atoms with Gasteiger partial charge >= 0.3 is 0 Å². The number of aromatic nitrogens is 2. The van der Waals surface area contributed by atoms with Crippen LogP contribution in [0, 0.1) is 0 Å². The van der Waals surface area contributed by atoms with E-state index in [4.69, 9.17) is 19.4 Å². The maximum Gasteiger partial charge on any atom is 0.225 e. The second-order valence-corrected chi connectivity index (χ2v) is 8.07. The summed E-state index contributed by atoms with van der Waals surface area (Å²) in [5, 5.41) is 0. The SMILES string of the molecule is COc1ccc(OC)c(CN2C3CCC2c2cnc(N4CCCC4)nc2C3)c1.Cl. The van der Waals surface area contributed by atoms with Crippen LogP contribution in [0.3, 0.4) is 0 Å². The molecule has 2 aromatic rings. The minimum atomic E-state index is 0. The number of rotatable bonds is 5. The number of methoxy groups -OCH3 is 2. The summed E-state index contributed by atoms with van der Waals surface area (Å²) < 4.78 is 11.0. The van der Waals surface area contributed by atoms with Gasteiger partial charge in [-0.15, -0.1) is 12.4 Å². The number of benzene rings is 1. The highest BCUT2D eigenvalue weighted by molar-refractivity contribution is 5.85. The molecule has 2 saturated heterocycles. The molecule has 5 rings (SSSR count). The monoisotopic (exact) mass is 416 g/mol. The fourth-order valence-corrected chi connectivity index (χ4v) is 5.08. The maximum absolute atomic E-state index is 5.61. The molecule has 0 radical (unpaired) electrons. The average Bonchev–Trinajstić information content (AvgIpc) is 3.35. The molecule has 29 heavy (non-hydrogen) atoms. The Kier molecular flexibility index (Phi) is 5.83. The lowest BCUT2D eigenvalue weighted by molar-refractivity contribution is 0.164. The zero-order chi connectivity index (χ0) is 19.1. The molecule has 0 N–H and O–H groups in total. The van der Waals surface area contributed by atoms with Crippen LogP contribution in [0.4, 0.5) is 5.95 Å². The highest BCUT2D eigenvalue weighted by Crippen LogP contribution is 2.44. The molecule has 1 aromatic heterocycles. The number of ether oxygens (including phenoxy) is 2. The van der Waals surface area contributed by atoms with Crippen molar-refractivity contribution in [3.63, 3.8) is 0 Å². The molecule has 4 heterocycles. The van der Waals surface area contributed by atoms with Crippen molar-refractivity contribution >= 4 is 18.4 Å². The summed E-state index contributed by atoms with van der Waals surface area (Å²) in [6, 6.07) is 6.99. The molecule has 2 atom stereocenters. The number of anilines is 1. The van der Waals surface area contributed by atoms with Crippen LogP contribution < -0.4 is 14.4 Å². The van der Waals surface area contributed by atoms with Gasteiger partial charge < -0.3 is 14.4 Å². The second-order valence-electron chi connectivity index (χ2n) is 8.07. The summed E-state index contributed by atoms with van der Waals surface area (Å²) >= 11 is 0. The van der Waals surface area contributed by atoms with Gasteiger partial charge in [-0.05, 0) is 43.9 Å². The fraction of sp³-hybridized carbons (Fsp3) is 0.545. The van der Waals surface area contributed by atoms with Crippen molar-refractivity contribution < 1.29 is 9.47 Å². The lowest BCUT2D eigenvalue weighted by Crippen LogP contribution is -2.38. The van der Waals surface area contributed by atoms with E-state index in [1.165, 1.54) is 42.5 Å². The topological polar surface area (TPSA) is 50.7 Å². The normalized spacial score (nSPS) is 22.9. The molecule has 0 spiro atoms. The number of hydrogen-bond acceptors (Lipinski definition) is 6. The zero-order valence-corrected chi connectivity index (χ0v) is 18.0. The minimum absolute atomic E-state index is 0. The Morgan fingerprint density at radius 3 is 2.69 bits per heavy atom. The summed E-state index contributed by atoms with van der Waals surface area (Å²) in [6.45, 7) is 3.05. The Bertz CT molecular complexity index is 872. The van der Waals surface area contributed by atoms with Crippen LogP contribution in [0.5, 0.6) is 11.5 Å². The van der Waals surface area contributed by atoms with Crippen LogP contribution in [0.1, 0.15) is 48.5 Å².